The first kappa shape index (κ1) is 16.6. The summed E-state index contributed by atoms with van der Waals surface area (Å²) in [4.78, 5) is 26.1. The van der Waals surface area contributed by atoms with Crippen LogP contribution in [-0.4, -0.2) is 28.8 Å². The molecule has 0 aromatic rings. The van der Waals surface area contributed by atoms with E-state index in [9.17, 15) is 9.59 Å². The van der Waals surface area contributed by atoms with Gasteiger partial charge in [-0.15, -0.1) is 0 Å². The molecular weight excluding hydrogens is 252 g/mol. The van der Waals surface area contributed by atoms with Gasteiger partial charge in [-0.25, -0.2) is 0 Å². The number of rotatable bonds is 3. The Labute approximate surface area is 121 Å². The molecule has 0 spiro atoms. The zero-order valence-electron chi connectivity index (χ0n) is 13.0. The van der Waals surface area contributed by atoms with Crippen LogP contribution in [0, 0.1) is 0 Å². The molecule has 4 nitrogen and oxygen atoms in total. The second-order valence-corrected chi connectivity index (χ2v) is 6.06. The molecule has 0 aromatic carbocycles. The highest BCUT2D eigenvalue weighted by atomic mass is 16.2. The van der Waals surface area contributed by atoms with Crippen molar-refractivity contribution in [3.8, 4) is 0 Å². The Bertz CT molecular complexity index is 392. The fourth-order valence-corrected chi connectivity index (χ4v) is 2.46. The zero-order valence-corrected chi connectivity index (χ0v) is 13.0. The predicted octanol–water partition coefficient (Wildman–Crippen LogP) is 2.54. The van der Waals surface area contributed by atoms with E-state index in [0.717, 1.165) is 36.8 Å². The topological polar surface area (TPSA) is 63.4 Å². The maximum atomic E-state index is 12.3. The number of carbonyl (C=O) groups excluding carboxylic acids is 2. The van der Waals surface area contributed by atoms with Crippen molar-refractivity contribution in [2.45, 2.75) is 65.5 Å². The molecule has 0 unspecified atom stereocenters. The van der Waals surface area contributed by atoms with Crippen LogP contribution in [0.5, 0.6) is 0 Å². The van der Waals surface area contributed by atoms with E-state index in [1.165, 1.54) is 17.1 Å². The quantitative estimate of drug-likeness (QED) is 0.807. The van der Waals surface area contributed by atoms with Crippen LogP contribution < -0.4 is 5.73 Å². The van der Waals surface area contributed by atoms with Gasteiger partial charge in [-0.2, -0.15) is 0 Å². The molecule has 0 bridgehead atoms. The maximum absolute atomic E-state index is 12.3. The largest absolute Gasteiger partial charge is 0.328 e. The molecule has 0 aromatic heterocycles. The Kier molecular flexibility index (Phi) is 6.14. The molecule has 0 radical (unpaired) electrons. The first-order chi connectivity index (χ1) is 9.31. The molecule has 2 amide bonds. The van der Waals surface area contributed by atoms with E-state index in [-0.39, 0.29) is 23.9 Å². The van der Waals surface area contributed by atoms with Crippen LogP contribution in [0.3, 0.4) is 0 Å². The number of nitrogens with zero attached hydrogens (tertiary/aromatic N) is 1. The van der Waals surface area contributed by atoms with Gasteiger partial charge in [0.15, 0.2) is 0 Å². The minimum Gasteiger partial charge on any atom is -0.328 e. The van der Waals surface area contributed by atoms with E-state index >= 15 is 0 Å². The Morgan fingerprint density at radius 2 is 1.30 bits per heavy atom. The second-order valence-electron chi connectivity index (χ2n) is 6.06. The van der Waals surface area contributed by atoms with Crippen molar-refractivity contribution in [1.82, 2.24) is 4.90 Å². The number of amides is 2. The third-order valence-corrected chi connectivity index (χ3v) is 3.41. The molecule has 1 fully saturated rings. The summed E-state index contributed by atoms with van der Waals surface area (Å²) in [5, 5.41) is 0. The van der Waals surface area contributed by atoms with Crippen molar-refractivity contribution in [3.05, 3.63) is 23.3 Å². The molecule has 2 N–H and O–H groups in total. The van der Waals surface area contributed by atoms with Crippen molar-refractivity contribution in [3.63, 3.8) is 0 Å². The van der Waals surface area contributed by atoms with Crippen LogP contribution in [0.15, 0.2) is 23.3 Å². The van der Waals surface area contributed by atoms with Gasteiger partial charge < -0.3 is 5.73 Å². The predicted molar refractivity (Wildman–Crippen MR) is 80.9 cm³/mol. The molecule has 112 valence electrons. The summed E-state index contributed by atoms with van der Waals surface area (Å²) < 4.78 is 0. The SMILES string of the molecule is CC(C)=CC(=O)N(C(=O)C=C(C)C)C1CCC(N)CC1. The van der Waals surface area contributed by atoms with E-state index < -0.39 is 0 Å². The summed E-state index contributed by atoms with van der Waals surface area (Å²) in [5.41, 5.74) is 7.70. The third-order valence-electron chi connectivity index (χ3n) is 3.41. The van der Waals surface area contributed by atoms with Gasteiger partial charge in [0.2, 0.25) is 0 Å². The second kappa shape index (κ2) is 7.39. The lowest BCUT2D eigenvalue weighted by atomic mass is 9.90. The number of nitrogens with two attached hydrogens (primary N) is 1. The summed E-state index contributed by atoms with van der Waals surface area (Å²) in [5.74, 6) is -0.430. The Hall–Kier alpha value is -1.42. The van der Waals surface area contributed by atoms with Crippen LogP contribution in [-0.2, 0) is 9.59 Å². The highest BCUT2D eigenvalue weighted by molar-refractivity contribution is 6.05. The molecule has 1 saturated carbocycles. The lowest BCUT2D eigenvalue weighted by Crippen LogP contribution is -2.46. The van der Waals surface area contributed by atoms with E-state index in [1.54, 1.807) is 0 Å². The van der Waals surface area contributed by atoms with Crippen LogP contribution in [0.2, 0.25) is 0 Å². The van der Waals surface area contributed by atoms with Gasteiger partial charge >= 0.3 is 0 Å². The van der Waals surface area contributed by atoms with Gasteiger partial charge in [0.1, 0.15) is 0 Å². The maximum Gasteiger partial charge on any atom is 0.253 e. The summed E-state index contributed by atoms with van der Waals surface area (Å²) in [7, 11) is 0. The molecule has 1 rings (SSSR count). The molecule has 1 aliphatic carbocycles. The molecule has 4 heteroatoms. The molecule has 1 aliphatic rings. The van der Waals surface area contributed by atoms with E-state index in [0.29, 0.717) is 0 Å². The average Bonchev–Trinajstić information content (AvgIpc) is 2.30. The standard InChI is InChI=1S/C16H26N2O2/c1-11(2)9-15(19)18(16(20)10-12(3)4)14-7-5-13(17)6-8-14/h9-10,13-14H,5-8,17H2,1-4H3. The smallest absolute Gasteiger partial charge is 0.253 e. The summed E-state index contributed by atoms with van der Waals surface area (Å²) in [6, 6.07) is 0.172. The highest BCUT2D eigenvalue weighted by Crippen LogP contribution is 2.23. The van der Waals surface area contributed by atoms with Crippen molar-refractivity contribution in [2.75, 3.05) is 0 Å². The summed E-state index contributed by atoms with van der Waals surface area (Å²) >= 11 is 0. The Morgan fingerprint density at radius 1 is 0.900 bits per heavy atom. The van der Waals surface area contributed by atoms with Gasteiger partial charge in [0.25, 0.3) is 11.8 Å². The number of hydrogen-bond acceptors (Lipinski definition) is 3. The molecule has 0 heterocycles. The molecule has 20 heavy (non-hydrogen) atoms. The van der Waals surface area contributed by atoms with E-state index in [1.807, 2.05) is 27.7 Å². The van der Waals surface area contributed by atoms with Gasteiger partial charge in [-0.1, -0.05) is 11.1 Å². The van der Waals surface area contributed by atoms with Crippen LogP contribution in [0.1, 0.15) is 53.4 Å². The summed E-state index contributed by atoms with van der Waals surface area (Å²) in [6.45, 7) is 7.44. The van der Waals surface area contributed by atoms with Crippen molar-refractivity contribution in [1.29, 1.82) is 0 Å². The normalized spacial score (nSPS) is 21.9. The van der Waals surface area contributed by atoms with Crippen LogP contribution in [0.4, 0.5) is 0 Å². The Balaban J connectivity index is 2.95. The van der Waals surface area contributed by atoms with Crippen molar-refractivity contribution < 1.29 is 9.59 Å². The molecular formula is C16H26N2O2. The fraction of sp³-hybridized carbons (Fsp3) is 0.625. The number of imide groups is 1. The summed E-state index contributed by atoms with van der Waals surface area (Å²) in [6.07, 6.45) is 6.39. The Morgan fingerprint density at radius 3 is 1.65 bits per heavy atom. The van der Waals surface area contributed by atoms with Gasteiger partial charge in [0, 0.05) is 24.2 Å². The van der Waals surface area contributed by atoms with E-state index in [4.69, 9.17) is 5.73 Å². The van der Waals surface area contributed by atoms with Gasteiger partial charge in [0.05, 0.1) is 0 Å². The minimum absolute atomic E-state index is 0.0269. The highest BCUT2D eigenvalue weighted by Gasteiger charge is 2.30. The molecule has 0 saturated heterocycles. The number of hydrogen-bond donors (Lipinski definition) is 1. The molecule has 0 aliphatic heterocycles. The van der Waals surface area contributed by atoms with Crippen molar-refractivity contribution in [2.24, 2.45) is 5.73 Å². The van der Waals surface area contributed by atoms with E-state index in [2.05, 4.69) is 0 Å². The monoisotopic (exact) mass is 278 g/mol. The van der Waals surface area contributed by atoms with Crippen molar-refractivity contribution >= 4 is 11.8 Å². The van der Waals surface area contributed by atoms with Gasteiger partial charge in [-0.3, -0.25) is 14.5 Å². The van der Waals surface area contributed by atoms with Crippen LogP contribution >= 0.6 is 0 Å². The number of allylic oxidation sites excluding steroid dienone is 2. The first-order valence-electron chi connectivity index (χ1n) is 7.23. The van der Waals surface area contributed by atoms with Gasteiger partial charge in [-0.05, 0) is 53.4 Å². The fourth-order valence-electron chi connectivity index (χ4n) is 2.46. The minimum atomic E-state index is -0.215. The van der Waals surface area contributed by atoms with Crippen LogP contribution in [0.25, 0.3) is 0 Å². The zero-order chi connectivity index (χ0) is 15.3. The molecule has 0 atom stereocenters. The first-order valence-corrected chi connectivity index (χ1v) is 7.23. The lowest BCUT2D eigenvalue weighted by molar-refractivity contribution is -0.142. The lowest BCUT2D eigenvalue weighted by Gasteiger charge is -2.33. The average molecular weight is 278 g/mol. The third kappa shape index (κ3) is 4.93. The number of carbonyl (C=O) groups is 2.